The monoisotopic (exact) mass is 354 g/mol. The van der Waals surface area contributed by atoms with Crippen molar-refractivity contribution in [2.75, 3.05) is 0 Å². The van der Waals surface area contributed by atoms with Gasteiger partial charge in [-0.1, -0.05) is 0 Å². The van der Waals surface area contributed by atoms with E-state index in [1.165, 1.54) is 4.57 Å². The number of imidazole rings is 1. The first-order chi connectivity index (χ1) is 11.9. The molecule has 2 aromatic heterocycles. The van der Waals surface area contributed by atoms with Gasteiger partial charge in [0.2, 0.25) is 0 Å². The lowest BCUT2D eigenvalue weighted by atomic mass is 9.86. The molecule has 0 N–H and O–H groups in total. The number of pyridine rings is 1. The highest BCUT2D eigenvalue weighted by Crippen LogP contribution is 2.36. The van der Waals surface area contributed by atoms with Crippen LogP contribution in [0.1, 0.15) is 34.5 Å². The van der Waals surface area contributed by atoms with Crippen molar-refractivity contribution in [1.29, 1.82) is 0 Å². The summed E-state index contributed by atoms with van der Waals surface area (Å²) < 4.78 is 53.0. The number of hydrogen-bond donors (Lipinski definition) is 0. The smallest absolute Gasteiger partial charge is 0.398 e. The first kappa shape index (κ1) is 9.76. The van der Waals surface area contributed by atoms with Gasteiger partial charge in [0.15, 0.2) is 4.73 Å². The second kappa shape index (κ2) is 4.93. The molecule has 0 aliphatic carbocycles. The van der Waals surface area contributed by atoms with E-state index >= 15 is 0 Å². The van der Waals surface area contributed by atoms with Gasteiger partial charge in [-0.05, 0) is 55.7 Å². The fourth-order valence-corrected chi connectivity index (χ4v) is 2.33. The topological polar surface area (TPSA) is 49.2 Å². The van der Waals surface area contributed by atoms with E-state index in [2.05, 4.69) is 25.9 Å². The molecule has 3 heterocycles. The molecule has 0 radical (unpaired) electrons. The van der Waals surface area contributed by atoms with Gasteiger partial charge in [0.25, 0.3) is 0 Å². The highest BCUT2D eigenvalue weighted by Gasteiger charge is 2.52. The van der Waals surface area contributed by atoms with Crippen LogP contribution in [0, 0.1) is 0 Å². The van der Waals surface area contributed by atoms with Crippen LogP contribution >= 0.6 is 15.9 Å². The van der Waals surface area contributed by atoms with Crippen LogP contribution in [0.5, 0.6) is 0 Å². The van der Waals surface area contributed by atoms with Crippen molar-refractivity contribution in [3.05, 3.63) is 35.3 Å². The summed E-state index contributed by atoms with van der Waals surface area (Å²) in [6, 6.07) is -0.796. The summed E-state index contributed by atoms with van der Waals surface area (Å²) in [6.45, 7) is 7.54. The normalized spacial score (nSPS) is 23.3. The minimum absolute atomic E-state index is 0.0989. The van der Waals surface area contributed by atoms with Gasteiger partial charge in [-0.3, -0.25) is 9.55 Å². The molecule has 1 aliphatic rings. The molecular formula is C14H17BBrN3O2. The zero-order valence-electron chi connectivity index (χ0n) is 17.1. The molecule has 0 bridgehead atoms. The molecule has 0 amide bonds. The number of aromatic nitrogens is 3. The lowest BCUT2D eigenvalue weighted by Crippen LogP contribution is -2.41. The first-order valence-electron chi connectivity index (χ1n) is 8.92. The summed E-state index contributed by atoms with van der Waals surface area (Å²) in [5.74, 6) is 0. The van der Waals surface area contributed by atoms with Crippen LogP contribution in [0.15, 0.2) is 35.3 Å². The van der Waals surface area contributed by atoms with Crippen LogP contribution in [-0.4, -0.2) is 32.9 Å². The third-order valence-corrected chi connectivity index (χ3v) is 4.31. The molecule has 2 aromatic rings. The highest BCUT2D eigenvalue weighted by molar-refractivity contribution is 9.10. The lowest BCUT2D eigenvalue weighted by molar-refractivity contribution is 0.00578. The van der Waals surface area contributed by atoms with Crippen molar-refractivity contribution in [3.8, 4) is 5.69 Å². The van der Waals surface area contributed by atoms with E-state index in [0.717, 1.165) is 0 Å². The molecule has 7 heteroatoms. The van der Waals surface area contributed by atoms with Gasteiger partial charge in [-0.25, -0.2) is 4.98 Å². The first-order valence-corrected chi connectivity index (χ1v) is 7.22. The molecule has 1 saturated heterocycles. The van der Waals surface area contributed by atoms with Gasteiger partial charge in [-0.15, -0.1) is 0 Å². The van der Waals surface area contributed by atoms with Crippen molar-refractivity contribution in [2.24, 2.45) is 0 Å². The number of nitrogens with zero attached hydrogens (tertiary/aromatic N) is 3. The minimum Gasteiger partial charge on any atom is -0.398 e. The Hall–Kier alpha value is -1.18. The summed E-state index contributed by atoms with van der Waals surface area (Å²) in [6.07, 6.45) is -0.989. The van der Waals surface area contributed by atoms with Crippen molar-refractivity contribution in [3.63, 3.8) is 0 Å². The molecule has 0 saturated carbocycles. The molecule has 1 fully saturated rings. The Morgan fingerprint density at radius 2 is 1.95 bits per heavy atom. The van der Waals surface area contributed by atoms with Crippen LogP contribution in [0.4, 0.5) is 0 Å². The van der Waals surface area contributed by atoms with E-state index in [9.17, 15) is 0 Å². The van der Waals surface area contributed by atoms with Gasteiger partial charge in [-0.2, -0.15) is 0 Å². The zero-order valence-corrected chi connectivity index (χ0v) is 13.7. The van der Waals surface area contributed by atoms with Gasteiger partial charge in [0, 0.05) is 12.3 Å². The fourth-order valence-electron chi connectivity index (χ4n) is 1.87. The molecular weight excluding hydrogens is 333 g/mol. The summed E-state index contributed by atoms with van der Waals surface area (Å²) in [5, 5.41) is 0. The average molecular weight is 355 g/mol. The van der Waals surface area contributed by atoms with E-state index in [-0.39, 0.29) is 34.4 Å². The van der Waals surface area contributed by atoms with E-state index in [1.807, 2.05) is 27.7 Å². The van der Waals surface area contributed by atoms with Crippen molar-refractivity contribution >= 4 is 28.6 Å². The Labute approximate surface area is 140 Å². The second-order valence-corrected chi connectivity index (χ2v) is 6.44. The Morgan fingerprint density at radius 3 is 2.62 bits per heavy atom. The van der Waals surface area contributed by atoms with Gasteiger partial charge in [0.05, 0.1) is 35.5 Å². The molecule has 0 aromatic carbocycles. The summed E-state index contributed by atoms with van der Waals surface area (Å²) in [7, 11) is -0.882. The van der Waals surface area contributed by atoms with Crippen LogP contribution in [-0.2, 0) is 9.31 Å². The van der Waals surface area contributed by atoms with Gasteiger partial charge in [0.1, 0.15) is 0 Å². The molecule has 0 unspecified atom stereocenters. The Kier molecular flexibility index (Phi) is 2.29. The number of halogens is 1. The highest BCUT2D eigenvalue weighted by atomic mass is 79.9. The predicted molar refractivity (Wildman–Crippen MR) is 84.8 cm³/mol. The number of hydrogen-bond acceptors (Lipinski definition) is 4. The summed E-state index contributed by atoms with van der Waals surface area (Å²) >= 11 is 3.24. The van der Waals surface area contributed by atoms with Crippen LogP contribution < -0.4 is 5.59 Å². The van der Waals surface area contributed by atoms with Crippen LogP contribution in [0.2, 0.25) is 0 Å². The molecule has 21 heavy (non-hydrogen) atoms. The van der Waals surface area contributed by atoms with Crippen LogP contribution in [0.3, 0.4) is 0 Å². The molecule has 0 atom stereocenters. The van der Waals surface area contributed by atoms with E-state index in [0.29, 0.717) is 0 Å². The Balaban J connectivity index is 2.14. The summed E-state index contributed by atoms with van der Waals surface area (Å²) in [4.78, 5) is 7.93. The fraction of sp³-hybridized carbons (Fsp3) is 0.429. The maximum absolute atomic E-state index is 8.45. The molecule has 110 valence electrons. The van der Waals surface area contributed by atoms with E-state index < -0.39 is 30.5 Å². The maximum atomic E-state index is 8.45. The second-order valence-electron chi connectivity index (χ2n) is 5.74. The third-order valence-electron chi connectivity index (χ3n) is 3.78. The molecule has 1 aliphatic heterocycles. The maximum Gasteiger partial charge on any atom is 0.516 e. The Bertz CT molecular complexity index is 889. The number of rotatable bonds is 2. The van der Waals surface area contributed by atoms with Gasteiger partial charge < -0.3 is 9.31 Å². The van der Waals surface area contributed by atoms with E-state index in [4.69, 9.17) is 16.2 Å². The third kappa shape index (κ3) is 2.54. The van der Waals surface area contributed by atoms with Crippen molar-refractivity contribution in [2.45, 2.75) is 38.9 Å². The lowest BCUT2D eigenvalue weighted by Gasteiger charge is -2.32. The zero-order chi connectivity index (χ0) is 19.6. The quantitative estimate of drug-likeness (QED) is 0.776. The summed E-state index contributed by atoms with van der Waals surface area (Å²) in [5.41, 5.74) is -1.12. The Morgan fingerprint density at radius 1 is 1.29 bits per heavy atom. The van der Waals surface area contributed by atoms with Crippen LogP contribution in [0.25, 0.3) is 5.69 Å². The van der Waals surface area contributed by atoms with Crippen molar-refractivity contribution in [1.82, 2.24) is 14.5 Å². The SMILES string of the molecule is [2H]c1nc([2H])c(-n2c(Br)nc(B3OC(C)(C)C(C)(C)O3)c2[2H])c([2H])c1[2H]. The van der Waals surface area contributed by atoms with E-state index in [1.54, 1.807) is 0 Å². The minimum atomic E-state index is -0.882. The van der Waals surface area contributed by atoms with Crippen molar-refractivity contribution < 1.29 is 16.2 Å². The predicted octanol–water partition coefficient (Wildman–Crippen LogP) is 2.33. The molecule has 3 rings (SSSR count). The largest absolute Gasteiger partial charge is 0.516 e. The average Bonchev–Trinajstić information content (AvgIpc) is 2.91. The molecule has 0 spiro atoms. The molecule has 5 nitrogen and oxygen atoms in total. The van der Waals surface area contributed by atoms with Gasteiger partial charge >= 0.3 is 7.12 Å². The standard InChI is InChI=1S/C14H17BBrN3O2/c1-13(2)14(3,4)21-15(20-13)11-9-19(12(16)18-11)10-6-5-7-17-8-10/h5-9H,1-4H3/i5D,6D,7D,8D,9D.